The first-order valence-corrected chi connectivity index (χ1v) is 4.46. The lowest BCUT2D eigenvalue weighted by atomic mass is 9.86. The molecule has 1 amide bonds. The van der Waals surface area contributed by atoms with E-state index in [0.717, 1.165) is 32.4 Å². The van der Waals surface area contributed by atoms with Gasteiger partial charge in [0.1, 0.15) is 0 Å². The third-order valence-electron chi connectivity index (χ3n) is 2.65. The van der Waals surface area contributed by atoms with E-state index >= 15 is 0 Å². The fourth-order valence-corrected chi connectivity index (χ4v) is 1.94. The van der Waals surface area contributed by atoms with Crippen molar-refractivity contribution in [1.29, 1.82) is 0 Å². The van der Waals surface area contributed by atoms with Crippen LogP contribution in [0.4, 0.5) is 4.79 Å². The van der Waals surface area contributed by atoms with Gasteiger partial charge in [-0.05, 0) is 19.4 Å². The highest BCUT2D eigenvalue weighted by atomic mass is 16.6. The van der Waals surface area contributed by atoms with Crippen LogP contribution in [-0.4, -0.2) is 31.3 Å². The van der Waals surface area contributed by atoms with Gasteiger partial charge in [-0.15, -0.1) is 0 Å². The SMILES string of the molecule is O=C1NC2(CCCNC2)CCO1. The van der Waals surface area contributed by atoms with Crippen LogP contribution in [0.2, 0.25) is 0 Å². The number of ether oxygens (including phenoxy) is 1. The van der Waals surface area contributed by atoms with Gasteiger partial charge in [-0.1, -0.05) is 0 Å². The standard InChI is InChI=1S/C8H14N2O2/c11-7-10-8(3-5-12-7)2-1-4-9-6-8/h9H,1-6H2,(H,10,11). The number of hydrogen-bond donors (Lipinski definition) is 2. The van der Waals surface area contributed by atoms with Crippen LogP contribution < -0.4 is 10.6 Å². The Hall–Kier alpha value is -0.770. The van der Waals surface area contributed by atoms with Gasteiger partial charge >= 0.3 is 6.09 Å². The predicted molar refractivity (Wildman–Crippen MR) is 43.9 cm³/mol. The Kier molecular flexibility index (Phi) is 1.92. The normalized spacial score (nSPS) is 35.8. The number of rotatable bonds is 0. The van der Waals surface area contributed by atoms with E-state index in [4.69, 9.17) is 4.74 Å². The van der Waals surface area contributed by atoms with Gasteiger partial charge in [0, 0.05) is 13.0 Å². The van der Waals surface area contributed by atoms with Crippen LogP contribution in [0.25, 0.3) is 0 Å². The molecule has 1 unspecified atom stereocenters. The molecule has 68 valence electrons. The zero-order chi connectivity index (χ0) is 8.44. The highest BCUT2D eigenvalue weighted by Gasteiger charge is 2.36. The molecule has 1 atom stereocenters. The molecule has 1 spiro atoms. The molecule has 2 fully saturated rings. The Morgan fingerprint density at radius 3 is 3.00 bits per heavy atom. The van der Waals surface area contributed by atoms with Crippen LogP contribution in [0, 0.1) is 0 Å². The summed E-state index contributed by atoms with van der Waals surface area (Å²) in [6, 6.07) is 0. The van der Waals surface area contributed by atoms with E-state index in [2.05, 4.69) is 10.6 Å². The summed E-state index contributed by atoms with van der Waals surface area (Å²) in [7, 11) is 0. The molecule has 4 nitrogen and oxygen atoms in total. The maximum absolute atomic E-state index is 11.0. The summed E-state index contributed by atoms with van der Waals surface area (Å²) in [6.07, 6.45) is 2.89. The molecule has 0 aromatic heterocycles. The molecular formula is C8H14N2O2. The quantitative estimate of drug-likeness (QED) is 0.547. The third kappa shape index (κ3) is 1.39. The Labute approximate surface area is 71.7 Å². The number of nitrogens with one attached hydrogen (secondary N) is 2. The number of alkyl carbamates (subject to hydrolysis) is 1. The van der Waals surface area contributed by atoms with Crippen molar-refractivity contribution < 1.29 is 9.53 Å². The molecule has 2 heterocycles. The van der Waals surface area contributed by atoms with Crippen LogP contribution in [0.3, 0.4) is 0 Å². The van der Waals surface area contributed by atoms with E-state index in [1.165, 1.54) is 0 Å². The molecule has 2 N–H and O–H groups in total. The number of amides is 1. The Morgan fingerprint density at radius 1 is 1.42 bits per heavy atom. The van der Waals surface area contributed by atoms with E-state index in [0.29, 0.717) is 6.61 Å². The lowest BCUT2D eigenvalue weighted by Gasteiger charge is -2.40. The van der Waals surface area contributed by atoms with E-state index in [-0.39, 0.29) is 11.6 Å². The Bertz CT molecular complexity index is 182. The minimum atomic E-state index is -0.259. The fraction of sp³-hybridized carbons (Fsp3) is 0.875. The highest BCUT2D eigenvalue weighted by Crippen LogP contribution is 2.22. The summed E-state index contributed by atoms with van der Waals surface area (Å²) in [5.74, 6) is 0. The second kappa shape index (κ2) is 2.94. The van der Waals surface area contributed by atoms with E-state index in [1.807, 2.05) is 0 Å². The molecular weight excluding hydrogens is 156 g/mol. The maximum Gasteiger partial charge on any atom is 0.407 e. The maximum atomic E-state index is 11.0. The van der Waals surface area contributed by atoms with Gasteiger partial charge in [-0.2, -0.15) is 0 Å². The van der Waals surface area contributed by atoms with E-state index in [1.54, 1.807) is 0 Å². The van der Waals surface area contributed by atoms with E-state index < -0.39 is 0 Å². The molecule has 0 aromatic rings. The fourth-order valence-electron chi connectivity index (χ4n) is 1.94. The van der Waals surface area contributed by atoms with Crippen molar-refractivity contribution in [2.24, 2.45) is 0 Å². The first-order chi connectivity index (χ1) is 5.81. The minimum absolute atomic E-state index is 0.00637. The molecule has 12 heavy (non-hydrogen) atoms. The highest BCUT2D eigenvalue weighted by molar-refractivity contribution is 5.69. The first kappa shape index (κ1) is 7.86. The third-order valence-corrected chi connectivity index (χ3v) is 2.65. The smallest absolute Gasteiger partial charge is 0.407 e. The Morgan fingerprint density at radius 2 is 2.33 bits per heavy atom. The number of piperidine rings is 1. The lowest BCUT2D eigenvalue weighted by molar-refractivity contribution is 0.0765. The average molecular weight is 170 g/mol. The summed E-state index contributed by atoms with van der Waals surface area (Å²) >= 11 is 0. The van der Waals surface area contributed by atoms with E-state index in [9.17, 15) is 4.79 Å². The van der Waals surface area contributed by atoms with Gasteiger partial charge in [0.25, 0.3) is 0 Å². The molecule has 2 rings (SSSR count). The average Bonchev–Trinajstić information content (AvgIpc) is 2.05. The zero-order valence-corrected chi connectivity index (χ0v) is 7.06. The van der Waals surface area contributed by atoms with Crippen LogP contribution in [-0.2, 0) is 4.74 Å². The number of carbonyl (C=O) groups is 1. The number of carbonyl (C=O) groups excluding carboxylic acids is 1. The van der Waals surface area contributed by atoms with Crippen molar-refractivity contribution in [3.63, 3.8) is 0 Å². The molecule has 4 heteroatoms. The first-order valence-electron chi connectivity index (χ1n) is 4.46. The summed E-state index contributed by atoms with van der Waals surface area (Å²) in [6.45, 7) is 2.52. The second-order valence-corrected chi connectivity index (χ2v) is 3.57. The molecule has 2 aliphatic rings. The molecule has 0 bridgehead atoms. The van der Waals surface area contributed by atoms with Crippen molar-refractivity contribution in [3.05, 3.63) is 0 Å². The molecule has 2 aliphatic heterocycles. The second-order valence-electron chi connectivity index (χ2n) is 3.57. The molecule has 2 saturated heterocycles. The van der Waals surface area contributed by atoms with Crippen LogP contribution >= 0.6 is 0 Å². The lowest BCUT2D eigenvalue weighted by Crippen LogP contribution is -2.60. The monoisotopic (exact) mass is 170 g/mol. The molecule has 0 saturated carbocycles. The topological polar surface area (TPSA) is 50.4 Å². The van der Waals surface area contributed by atoms with Gasteiger partial charge in [0.05, 0.1) is 12.1 Å². The van der Waals surface area contributed by atoms with Crippen molar-refractivity contribution >= 4 is 6.09 Å². The summed E-state index contributed by atoms with van der Waals surface area (Å²) in [5.41, 5.74) is -0.00637. The summed E-state index contributed by atoms with van der Waals surface area (Å²) in [5, 5.41) is 6.20. The van der Waals surface area contributed by atoms with Crippen LogP contribution in [0.15, 0.2) is 0 Å². The number of cyclic esters (lactones) is 1. The summed E-state index contributed by atoms with van der Waals surface area (Å²) < 4.78 is 4.83. The van der Waals surface area contributed by atoms with Crippen LogP contribution in [0.1, 0.15) is 19.3 Å². The Balaban J connectivity index is 2.02. The van der Waals surface area contributed by atoms with Crippen molar-refractivity contribution in [3.8, 4) is 0 Å². The minimum Gasteiger partial charge on any atom is -0.449 e. The summed E-state index contributed by atoms with van der Waals surface area (Å²) in [4.78, 5) is 11.0. The largest absolute Gasteiger partial charge is 0.449 e. The number of hydrogen-bond acceptors (Lipinski definition) is 3. The van der Waals surface area contributed by atoms with Gasteiger partial charge in [0.2, 0.25) is 0 Å². The van der Waals surface area contributed by atoms with Gasteiger partial charge < -0.3 is 15.4 Å². The van der Waals surface area contributed by atoms with Gasteiger partial charge in [-0.25, -0.2) is 4.79 Å². The molecule has 0 aliphatic carbocycles. The molecule has 0 aromatic carbocycles. The van der Waals surface area contributed by atoms with Crippen LogP contribution in [0.5, 0.6) is 0 Å². The van der Waals surface area contributed by atoms with Gasteiger partial charge in [0.15, 0.2) is 0 Å². The predicted octanol–water partition coefficient (Wildman–Crippen LogP) is 0.238. The van der Waals surface area contributed by atoms with Crippen molar-refractivity contribution in [2.45, 2.75) is 24.8 Å². The van der Waals surface area contributed by atoms with Gasteiger partial charge in [-0.3, -0.25) is 0 Å². The van der Waals surface area contributed by atoms with Crippen molar-refractivity contribution in [2.75, 3.05) is 19.7 Å². The molecule has 0 radical (unpaired) electrons. The zero-order valence-electron chi connectivity index (χ0n) is 7.06. The van der Waals surface area contributed by atoms with Crippen molar-refractivity contribution in [1.82, 2.24) is 10.6 Å².